The Kier molecular flexibility index (Phi) is 8.29. The van der Waals surface area contributed by atoms with Gasteiger partial charge < -0.3 is 9.55 Å². The second kappa shape index (κ2) is 12.3. The summed E-state index contributed by atoms with van der Waals surface area (Å²) >= 11 is 0. The predicted octanol–water partition coefficient (Wildman–Crippen LogP) is 10.3. The number of benzene rings is 4. The molecule has 1 aliphatic rings. The molecule has 1 N–H and O–H groups in total. The molecule has 3 nitrogen and oxygen atoms in total. The summed E-state index contributed by atoms with van der Waals surface area (Å²) in [4.78, 5) is 3.73. The lowest BCUT2D eigenvalue weighted by Gasteiger charge is -2.25. The highest BCUT2D eigenvalue weighted by Gasteiger charge is 2.41. The molecule has 0 spiro atoms. The number of nitrogens with zero attached hydrogens (tertiary/aromatic N) is 1. The molecule has 2 aromatic heterocycles. The molecular formula is C40H40N2OS. The van der Waals surface area contributed by atoms with Crippen molar-refractivity contribution in [2.24, 2.45) is 0 Å². The number of hydrogen-bond acceptors (Lipinski definition) is 1. The third-order valence-corrected chi connectivity index (χ3v) is 8.41. The summed E-state index contributed by atoms with van der Waals surface area (Å²) in [7, 11) is -0.611. The van der Waals surface area contributed by atoms with E-state index < -0.39 is 10.8 Å². The number of allylic oxidation sites excluding steroid dienone is 3. The quantitative estimate of drug-likeness (QED) is 0.198. The van der Waals surface area contributed by atoms with Crippen LogP contribution in [0.1, 0.15) is 44.5 Å². The SMILES string of the molecule is CC(C)=C[C@@H]1C[C@](C)(/C=C/c2[nH]c3ccccc3c2-c2ccccc2)n2c1c(-c1ccccc1)c1ccccc12.CS(C)=O. The van der Waals surface area contributed by atoms with E-state index in [1.165, 1.54) is 55.3 Å². The number of fused-ring (bicyclic) bond motifs is 4. The minimum atomic E-state index is -0.611. The zero-order chi connectivity index (χ0) is 30.8. The lowest BCUT2D eigenvalue weighted by molar-refractivity contribution is 0.440. The summed E-state index contributed by atoms with van der Waals surface area (Å²) < 4.78 is 12.2. The van der Waals surface area contributed by atoms with Crippen LogP contribution in [-0.4, -0.2) is 26.3 Å². The van der Waals surface area contributed by atoms with Crippen molar-refractivity contribution in [3.05, 3.63) is 138 Å². The van der Waals surface area contributed by atoms with Crippen LogP contribution in [0.3, 0.4) is 0 Å². The topological polar surface area (TPSA) is 37.8 Å². The third-order valence-electron chi connectivity index (χ3n) is 8.41. The van der Waals surface area contributed by atoms with Gasteiger partial charge in [0.2, 0.25) is 0 Å². The van der Waals surface area contributed by atoms with Gasteiger partial charge >= 0.3 is 0 Å². The molecular weight excluding hydrogens is 557 g/mol. The molecule has 0 fully saturated rings. The standard InChI is InChI=1S/C38H34N2.C2H6OS/c1-26(2)24-29-25-38(3,40-34-21-13-11-19-31(34)36(37(29)40)28-16-8-5-9-17-28)23-22-33-35(27-14-6-4-7-15-27)30-18-10-12-20-32(30)39-33;1-4(2)3/h4-24,29,39H,25H2,1-3H3;1-2H3/b23-22+;/t29-,38+;/m1./s1. The molecule has 0 aliphatic carbocycles. The van der Waals surface area contributed by atoms with E-state index in [1.54, 1.807) is 12.5 Å². The van der Waals surface area contributed by atoms with Gasteiger partial charge in [0.15, 0.2) is 0 Å². The molecule has 44 heavy (non-hydrogen) atoms. The van der Waals surface area contributed by atoms with Gasteiger partial charge in [-0.15, -0.1) is 0 Å². The molecule has 4 heteroatoms. The number of hydrogen-bond donors (Lipinski definition) is 1. The Morgan fingerprint density at radius 3 is 1.98 bits per heavy atom. The largest absolute Gasteiger partial charge is 0.355 e. The van der Waals surface area contributed by atoms with Crippen molar-refractivity contribution in [2.45, 2.75) is 38.6 Å². The van der Waals surface area contributed by atoms with E-state index in [1.807, 2.05) is 0 Å². The van der Waals surface area contributed by atoms with Crippen LogP contribution in [-0.2, 0) is 16.3 Å². The van der Waals surface area contributed by atoms with Crippen molar-refractivity contribution < 1.29 is 4.21 Å². The summed E-state index contributed by atoms with van der Waals surface area (Å²) in [5.41, 5.74) is 11.4. The van der Waals surface area contributed by atoms with Crippen molar-refractivity contribution in [3.63, 3.8) is 0 Å². The number of aromatic nitrogens is 2. The normalized spacial score (nSPS) is 17.6. The van der Waals surface area contributed by atoms with E-state index >= 15 is 0 Å². The Morgan fingerprint density at radius 2 is 1.34 bits per heavy atom. The second-order valence-corrected chi connectivity index (χ2v) is 13.8. The highest BCUT2D eigenvalue weighted by Crippen LogP contribution is 2.52. The lowest BCUT2D eigenvalue weighted by Crippen LogP contribution is -2.23. The summed E-state index contributed by atoms with van der Waals surface area (Å²) in [5.74, 6) is 0.332. The molecule has 3 heterocycles. The average Bonchev–Trinajstić information content (AvgIpc) is 3.65. The monoisotopic (exact) mass is 596 g/mol. The summed E-state index contributed by atoms with van der Waals surface area (Å²) in [6.07, 6.45) is 11.5. The first-order valence-electron chi connectivity index (χ1n) is 15.2. The zero-order valence-corrected chi connectivity index (χ0v) is 27.0. The van der Waals surface area contributed by atoms with Crippen LogP contribution >= 0.6 is 0 Å². The Morgan fingerprint density at radius 1 is 0.795 bits per heavy atom. The number of aromatic amines is 1. The zero-order valence-electron chi connectivity index (χ0n) is 26.2. The Hall–Kier alpha value is -4.41. The molecule has 0 unspecified atom stereocenters. The summed E-state index contributed by atoms with van der Waals surface area (Å²) in [6, 6.07) is 39.2. The van der Waals surface area contributed by atoms with Crippen LogP contribution in [0.2, 0.25) is 0 Å². The minimum absolute atomic E-state index is 0.191. The highest BCUT2D eigenvalue weighted by molar-refractivity contribution is 7.83. The van der Waals surface area contributed by atoms with Crippen molar-refractivity contribution in [1.29, 1.82) is 0 Å². The second-order valence-electron chi connectivity index (χ2n) is 12.3. The predicted molar refractivity (Wildman–Crippen MR) is 191 cm³/mol. The first-order valence-corrected chi connectivity index (χ1v) is 17.2. The van der Waals surface area contributed by atoms with E-state index in [0.717, 1.165) is 12.1 Å². The molecule has 4 aromatic carbocycles. The molecule has 7 rings (SSSR count). The Bertz CT molecular complexity index is 2000. The van der Waals surface area contributed by atoms with Gasteiger partial charge in [-0.3, -0.25) is 4.21 Å². The fraction of sp³-hybridized carbons (Fsp3) is 0.200. The van der Waals surface area contributed by atoms with E-state index in [0.29, 0.717) is 5.92 Å². The first kappa shape index (κ1) is 29.7. The van der Waals surface area contributed by atoms with Gasteiger partial charge in [0.25, 0.3) is 0 Å². The van der Waals surface area contributed by atoms with E-state index in [2.05, 4.69) is 158 Å². The first-order chi connectivity index (χ1) is 21.3. The van der Waals surface area contributed by atoms with Crippen LogP contribution in [0.4, 0.5) is 0 Å². The molecule has 2 atom stereocenters. The smallest absolute Gasteiger partial charge is 0.0616 e. The molecule has 1 aliphatic heterocycles. The summed E-state index contributed by atoms with van der Waals surface area (Å²) in [5, 5.41) is 2.58. The maximum absolute atomic E-state index is 9.56. The molecule has 0 saturated carbocycles. The van der Waals surface area contributed by atoms with Crippen LogP contribution in [0, 0.1) is 0 Å². The lowest BCUT2D eigenvalue weighted by atomic mass is 9.87. The highest BCUT2D eigenvalue weighted by atomic mass is 32.2. The molecule has 0 bridgehead atoms. The maximum atomic E-state index is 9.56. The van der Waals surface area contributed by atoms with Crippen LogP contribution in [0.15, 0.2) is 127 Å². The van der Waals surface area contributed by atoms with E-state index in [9.17, 15) is 4.21 Å². The van der Waals surface area contributed by atoms with Crippen LogP contribution in [0.25, 0.3) is 50.1 Å². The minimum Gasteiger partial charge on any atom is -0.355 e. The van der Waals surface area contributed by atoms with Gasteiger partial charge in [0, 0.05) is 73.5 Å². The maximum Gasteiger partial charge on any atom is 0.0616 e. The molecule has 0 saturated heterocycles. The number of rotatable bonds is 5. The van der Waals surface area contributed by atoms with Crippen LogP contribution < -0.4 is 0 Å². The fourth-order valence-corrected chi connectivity index (χ4v) is 6.85. The van der Waals surface area contributed by atoms with Crippen molar-refractivity contribution >= 4 is 38.7 Å². The van der Waals surface area contributed by atoms with E-state index in [-0.39, 0.29) is 5.54 Å². The number of nitrogens with one attached hydrogen (secondary N) is 1. The van der Waals surface area contributed by atoms with Gasteiger partial charge in [-0.1, -0.05) is 115 Å². The van der Waals surface area contributed by atoms with Crippen LogP contribution in [0.5, 0.6) is 0 Å². The Labute approximate surface area is 263 Å². The number of H-pyrrole nitrogens is 1. The van der Waals surface area contributed by atoms with Crippen molar-refractivity contribution in [3.8, 4) is 22.3 Å². The van der Waals surface area contributed by atoms with Gasteiger partial charge in [0.05, 0.1) is 5.54 Å². The number of para-hydroxylation sites is 2. The Balaban J connectivity index is 0.000000810. The third kappa shape index (κ3) is 5.62. The van der Waals surface area contributed by atoms with Gasteiger partial charge in [-0.05, 0) is 56.5 Å². The average molecular weight is 597 g/mol. The van der Waals surface area contributed by atoms with Crippen molar-refractivity contribution in [2.75, 3.05) is 12.5 Å². The van der Waals surface area contributed by atoms with Crippen molar-refractivity contribution in [1.82, 2.24) is 9.55 Å². The molecule has 0 radical (unpaired) electrons. The fourth-order valence-electron chi connectivity index (χ4n) is 6.85. The molecule has 0 amide bonds. The van der Waals surface area contributed by atoms with E-state index in [4.69, 9.17) is 0 Å². The molecule has 6 aromatic rings. The van der Waals surface area contributed by atoms with Gasteiger partial charge in [0.1, 0.15) is 0 Å². The van der Waals surface area contributed by atoms with Gasteiger partial charge in [-0.2, -0.15) is 0 Å². The van der Waals surface area contributed by atoms with Gasteiger partial charge in [-0.25, -0.2) is 0 Å². The molecule has 222 valence electrons. The summed E-state index contributed by atoms with van der Waals surface area (Å²) in [6.45, 7) is 6.84.